The second-order valence-corrected chi connectivity index (χ2v) is 4.80. The molecule has 0 fully saturated rings. The highest BCUT2D eigenvalue weighted by Gasteiger charge is 2.23. The monoisotopic (exact) mass is 251 g/mol. The molecule has 1 aliphatic heterocycles. The zero-order chi connectivity index (χ0) is 12.7. The Morgan fingerprint density at radius 2 is 2.16 bits per heavy atom. The summed E-state index contributed by atoms with van der Waals surface area (Å²) >= 11 is 0. The molecule has 0 saturated heterocycles. The number of benzene rings is 1. The molecule has 19 heavy (non-hydrogen) atoms. The Balaban J connectivity index is 1.65. The molecule has 3 heterocycles. The van der Waals surface area contributed by atoms with Gasteiger partial charge in [0.15, 0.2) is 17.1 Å². The van der Waals surface area contributed by atoms with Crippen molar-refractivity contribution in [2.75, 3.05) is 11.9 Å². The highest BCUT2D eigenvalue weighted by molar-refractivity contribution is 5.67. The van der Waals surface area contributed by atoms with Gasteiger partial charge >= 0.3 is 0 Å². The number of nitrogens with one attached hydrogen (secondary N) is 1. The summed E-state index contributed by atoms with van der Waals surface area (Å²) in [6.07, 6.45) is 2.54. The number of rotatable bonds is 2. The van der Waals surface area contributed by atoms with Gasteiger partial charge in [0, 0.05) is 30.8 Å². The Bertz CT molecular complexity index is 702. The lowest BCUT2D eigenvalue weighted by atomic mass is 9.98. The molecule has 0 spiro atoms. The van der Waals surface area contributed by atoms with E-state index in [9.17, 15) is 0 Å². The fraction of sp³-hybridized carbons (Fsp3) is 0.200. The van der Waals surface area contributed by atoms with E-state index in [0.29, 0.717) is 11.6 Å². The summed E-state index contributed by atoms with van der Waals surface area (Å²) < 4.78 is 5.74. The first-order valence-corrected chi connectivity index (χ1v) is 6.43. The van der Waals surface area contributed by atoms with Crippen LogP contribution in [0.5, 0.6) is 0 Å². The Hall–Kier alpha value is -2.36. The van der Waals surface area contributed by atoms with E-state index in [0.717, 1.165) is 24.4 Å². The lowest BCUT2D eigenvalue weighted by Gasteiger charge is -2.06. The van der Waals surface area contributed by atoms with E-state index < -0.39 is 0 Å². The number of aromatic nitrogens is 2. The lowest BCUT2D eigenvalue weighted by Crippen LogP contribution is -2.05. The topological polar surface area (TPSA) is 51.0 Å². The Morgan fingerprint density at radius 3 is 3.11 bits per heavy atom. The first kappa shape index (κ1) is 10.6. The van der Waals surface area contributed by atoms with Crippen molar-refractivity contribution >= 4 is 16.9 Å². The molecule has 0 radical (unpaired) electrons. The zero-order valence-corrected chi connectivity index (χ0v) is 10.3. The average Bonchev–Trinajstić information content (AvgIpc) is 3.03. The molecule has 0 aliphatic carbocycles. The number of hydrogen-bond donors (Lipinski definition) is 1. The van der Waals surface area contributed by atoms with Crippen molar-refractivity contribution in [1.29, 1.82) is 0 Å². The molecule has 1 N–H and O–H groups in total. The molecule has 94 valence electrons. The van der Waals surface area contributed by atoms with Crippen molar-refractivity contribution in [3.63, 3.8) is 0 Å². The first-order valence-electron chi connectivity index (χ1n) is 6.43. The third kappa shape index (κ3) is 1.76. The fourth-order valence-electron chi connectivity index (χ4n) is 2.65. The Morgan fingerprint density at radius 1 is 1.21 bits per heavy atom. The highest BCUT2D eigenvalue weighted by Crippen LogP contribution is 2.33. The summed E-state index contributed by atoms with van der Waals surface area (Å²) in [4.78, 5) is 8.64. The summed E-state index contributed by atoms with van der Waals surface area (Å²) in [5, 5.41) is 3.42. The van der Waals surface area contributed by atoms with Crippen LogP contribution in [0.4, 0.5) is 5.69 Å². The molecule has 0 amide bonds. The molecular formula is C15H13N3O. The van der Waals surface area contributed by atoms with Crippen molar-refractivity contribution in [2.45, 2.75) is 12.3 Å². The quantitative estimate of drug-likeness (QED) is 0.760. The van der Waals surface area contributed by atoms with Crippen molar-refractivity contribution in [3.8, 4) is 0 Å². The van der Waals surface area contributed by atoms with Crippen molar-refractivity contribution in [1.82, 2.24) is 9.97 Å². The number of pyridine rings is 1. The van der Waals surface area contributed by atoms with Crippen LogP contribution >= 0.6 is 0 Å². The third-order valence-electron chi connectivity index (χ3n) is 3.57. The molecule has 1 atom stereocenters. The van der Waals surface area contributed by atoms with E-state index >= 15 is 0 Å². The minimum absolute atomic E-state index is 0.421. The third-order valence-corrected chi connectivity index (χ3v) is 3.57. The van der Waals surface area contributed by atoms with Crippen LogP contribution in [-0.4, -0.2) is 16.5 Å². The van der Waals surface area contributed by atoms with Gasteiger partial charge in [-0.05, 0) is 23.8 Å². The van der Waals surface area contributed by atoms with Crippen LogP contribution in [-0.2, 0) is 6.42 Å². The number of fused-ring (bicyclic) bond motifs is 2. The lowest BCUT2D eigenvalue weighted by molar-refractivity contribution is 0.507. The molecule has 1 aliphatic rings. The second-order valence-electron chi connectivity index (χ2n) is 4.80. The number of para-hydroxylation sites is 1. The van der Waals surface area contributed by atoms with Gasteiger partial charge in [0.25, 0.3) is 0 Å². The van der Waals surface area contributed by atoms with Gasteiger partial charge in [-0.15, -0.1) is 0 Å². The predicted octanol–water partition coefficient (Wildman–Crippen LogP) is 2.97. The molecule has 0 bridgehead atoms. The summed E-state index contributed by atoms with van der Waals surface area (Å²) in [6.45, 7) is 0.936. The summed E-state index contributed by atoms with van der Waals surface area (Å²) in [5.41, 5.74) is 4.02. The van der Waals surface area contributed by atoms with E-state index in [-0.39, 0.29) is 0 Å². The highest BCUT2D eigenvalue weighted by atomic mass is 16.3. The van der Waals surface area contributed by atoms with E-state index in [4.69, 9.17) is 4.42 Å². The maximum Gasteiger partial charge on any atom is 0.198 e. The van der Waals surface area contributed by atoms with Gasteiger partial charge < -0.3 is 9.73 Å². The van der Waals surface area contributed by atoms with Gasteiger partial charge in [-0.1, -0.05) is 18.2 Å². The smallest absolute Gasteiger partial charge is 0.198 e. The average molecular weight is 251 g/mol. The molecule has 4 heteroatoms. The van der Waals surface area contributed by atoms with Crippen molar-refractivity contribution < 1.29 is 4.42 Å². The molecule has 4 nitrogen and oxygen atoms in total. The largest absolute Gasteiger partial charge is 0.439 e. The van der Waals surface area contributed by atoms with E-state index in [1.807, 2.05) is 12.1 Å². The van der Waals surface area contributed by atoms with Crippen LogP contribution in [0.2, 0.25) is 0 Å². The maximum atomic E-state index is 5.74. The number of hydrogen-bond acceptors (Lipinski definition) is 4. The van der Waals surface area contributed by atoms with Gasteiger partial charge in [-0.2, -0.15) is 4.98 Å². The van der Waals surface area contributed by atoms with Gasteiger partial charge in [-0.25, -0.2) is 4.98 Å². The molecule has 0 saturated carbocycles. The Kier molecular flexibility index (Phi) is 2.27. The Labute approximate surface area is 110 Å². The second kappa shape index (κ2) is 4.09. The molecular weight excluding hydrogens is 238 g/mol. The minimum atomic E-state index is 0.421. The van der Waals surface area contributed by atoms with Crippen LogP contribution < -0.4 is 5.32 Å². The van der Waals surface area contributed by atoms with Gasteiger partial charge in [-0.3, -0.25) is 0 Å². The number of oxazole rings is 1. The SMILES string of the molecule is c1ccc2c(c1)NCC2Cc1nc2ncccc2o1. The van der Waals surface area contributed by atoms with Gasteiger partial charge in [0.1, 0.15) is 0 Å². The van der Waals surface area contributed by atoms with Crippen molar-refractivity contribution in [3.05, 3.63) is 54.0 Å². The van der Waals surface area contributed by atoms with Gasteiger partial charge in [0.2, 0.25) is 0 Å². The number of nitrogens with zero attached hydrogens (tertiary/aromatic N) is 2. The van der Waals surface area contributed by atoms with Crippen LogP contribution in [0.1, 0.15) is 17.4 Å². The summed E-state index contributed by atoms with van der Waals surface area (Å²) in [5.74, 6) is 1.18. The van der Waals surface area contributed by atoms with Crippen molar-refractivity contribution in [2.24, 2.45) is 0 Å². The molecule has 1 aromatic carbocycles. The predicted molar refractivity (Wildman–Crippen MR) is 73.2 cm³/mol. The van der Waals surface area contributed by atoms with Crippen LogP contribution in [0, 0.1) is 0 Å². The van der Waals surface area contributed by atoms with E-state index in [2.05, 4.69) is 39.6 Å². The van der Waals surface area contributed by atoms with Crippen LogP contribution in [0.25, 0.3) is 11.2 Å². The molecule has 1 unspecified atom stereocenters. The van der Waals surface area contributed by atoms with Gasteiger partial charge in [0.05, 0.1) is 0 Å². The standard InChI is InChI=1S/C15H13N3O/c1-2-5-12-11(4-1)10(9-17-12)8-14-18-15-13(19-14)6-3-7-16-15/h1-7,10,17H,8-9H2. The van der Waals surface area contributed by atoms with Crippen LogP contribution in [0.15, 0.2) is 47.0 Å². The normalized spacial score (nSPS) is 17.4. The summed E-state index contributed by atoms with van der Waals surface area (Å²) in [6, 6.07) is 12.2. The van der Waals surface area contributed by atoms with Crippen LogP contribution in [0.3, 0.4) is 0 Å². The summed E-state index contributed by atoms with van der Waals surface area (Å²) in [7, 11) is 0. The zero-order valence-electron chi connectivity index (χ0n) is 10.3. The minimum Gasteiger partial charge on any atom is -0.439 e. The molecule has 3 aromatic rings. The van der Waals surface area contributed by atoms with E-state index in [1.54, 1.807) is 6.20 Å². The first-order chi connectivity index (χ1) is 9.40. The fourth-order valence-corrected chi connectivity index (χ4v) is 2.65. The molecule has 4 rings (SSSR count). The molecule has 2 aromatic heterocycles. The number of anilines is 1. The van der Waals surface area contributed by atoms with E-state index in [1.165, 1.54) is 11.3 Å². The maximum absolute atomic E-state index is 5.74.